The summed E-state index contributed by atoms with van der Waals surface area (Å²) in [6.07, 6.45) is 9.56. The predicted octanol–water partition coefficient (Wildman–Crippen LogP) is 10.8. The largest absolute Gasteiger partial charge is 2.00 e. The summed E-state index contributed by atoms with van der Waals surface area (Å²) in [6, 6.07) is 40.5. The van der Waals surface area contributed by atoms with Crippen molar-refractivity contribution in [2.24, 2.45) is 0 Å². The molecule has 0 saturated carbocycles. The Hall–Kier alpha value is -4.47. The molecular weight excluding hydrogens is 772 g/mol. The third-order valence-corrected chi connectivity index (χ3v) is 8.76. The molecule has 0 N–H and O–H groups in total. The van der Waals surface area contributed by atoms with Crippen LogP contribution >= 0.6 is 0 Å². The summed E-state index contributed by atoms with van der Waals surface area (Å²) >= 11 is 0. The van der Waals surface area contributed by atoms with Crippen molar-refractivity contribution in [1.29, 1.82) is 0 Å². The number of rotatable bonds is 12. The van der Waals surface area contributed by atoms with Gasteiger partial charge in [-0.05, 0) is 66.6 Å². The summed E-state index contributed by atoms with van der Waals surface area (Å²) in [7, 11) is 0. The van der Waals surface area contributed by atoms with E-state index in [4.69, 9.17) is 14.8 Å². The van der Waals surface area contributed by atoms with E-state index in [1.165, 1.54) is 36.1 Å². The number of hydrogen-bond donors (Lipinski definition) is 0. The van der Waals surface area contributed by atoms with Gasteiger partial charge in [0.25, 0.3) is 0 Å². The van der Waals surface area contributed by atoms with Crippen LogP contribution in [0.25, 0.3) is 44.4 Å². The molecule has 0 aliphatic carbocycles. The van der Waals surface area contributed by atoms with E-state index in [-0.39, 0.29) is 21.1 Å². The molecule has 3 aromatic heterocycles. The van der Waals surface area contributed by atoms with Crippen molar-refractivity contribution in [1.82, 2.24) is 19.3 Å². The number of ether oxygens (including phenoxy) is 1. The number of pyridine rings is 1. The van der Waals surface area contributed by atoms with Gasteiger partial charge in [-0.1, -0.05) is 93.6 Å². The van der Waals surface area contributed by atoms with Crippen molar-refractivity contribution in [2.75, 3.05) is 0 Å². The number of hydrogen-bond acceptors (Lipinski definition) is 3. The molecule has 0 aliphatic rings. The maximum absolute atomic E-state index is 6.50. The zero-order valence-electron chi connectivity index (χ0n) is 27.8. The molecule has 0 fully saturated rings. The van der Waals surface area contributed by atoms with Crippen LogP contribution in [-0.2, 0) is 33.9 Å². The fourth-order valence-electron chi connectivity index (χ4n) is 6.55. The van der Waals surface area contributed by atoms with Crippen molar-refractivity contribution >= 4 is 21.8 Å². The van der Waals surface area contributed by atoms with E-state index < -0.39 is 0 Å². The first kappa shape index (κ1) is 33.4. The van der Waals surface area contributed by atoms with E-state index in [1.54, 1.807) is 0 Å². The normalized spacial score (nSPS) is 11.2. The third-order valence-electron chi connectivity index (χ3n) is 8.76. The molecule has 7 rings (SSSR count). The summed E-state index contributed by atoms with van der Waals surface area (Å²) in [5.41, 5.74) is 8.92. The van der Waals surface area contributed by atoms with E-state index in [0.717, 1.165) is 70.3 Å². The number of benzene rings is 4. The molecule has 3 heterocycles. The maximum atomic E-state index is 6.50. The number of aryl methyl sites for hydroxylation is 2. The Morgan fingerprint density at radius 2 is 1.54 bits per heavy atom. The first-order chi connectivity index (χ1) is 23.1. The van der Waals surface area contributed by atoms with Gasteiger partial charge >= 0.3 is 21.1 Å². The van der Waals surface area contributed by atoms with Crippen LogP contribution < -0.4 is 4.74 Å². The van der Waals surface area contributed by atoms with Crippen molar-refractivity contribution < 1.29 is 25.8 Å². The fraction of sp³-hybridized carbons (Fsp3) is 0.238. The number of para-hydroxylation sites is 1. The SMILES string of the molecule is CCCCCCc1c(-c2ccccc2)c(CCC)nn1-c1[c-]c(Oc2[c-]c3c(cc2)c2ccccc2n3-c2cc(C)ccn2)ccc1.[Pt+2]. The summed E-state index contributed by atoms with van der Waals surface area (Å²) in [5, 5.41) is 7.49. The minimum Gasteiger partial charge on any atom is -0.509 e. The minimum absolute atomic E-state index is 0. The number of fused-ring (bicyclic) bond motifs is 3. The molecule has 0 radical (unpaired) electrons. The summed E-state index contributed by atoms with van der Waals surface area (Å²) in [5.74, 6) is 2.11. The molecule has 6 heteroatoms. The molecule has 0 amide bonds. The van der Waals surface area contributed by atoms with Crippen LogP contribution in [0.4, 0.5) is 0 Å². The Balaban J connectivity index is 0.00000401. The summed E-state index contributed by atoms with van der Waals surface area (Å²) in [6.45, 7) is 6.56. The standard InChI is InChI=1S/C42H40N4O.Pt/c1-4-6-7-11-22-39-42(31-16-9-8-10-17-31)37(15-5-2)44-46(39)32-18-14-19-33(28-32)47-34-23-24-36-35-20-12-13-21-38(35)45(40(36)29-34)41-27-30(3)25-26-43-41;/h8-10,12-14,16-21,23-27H,4-7,11,15,22H2,1-3H3;/q-2;+2. The third kappa shape index (κ3) is 6.75. The number of nitrogens with zero attached hydrogens (tertiary/aromatic N) is 4. The second kappa shape index (κ2) is 15.2. The molecule has 5 nitrogen and oxygen atoms in total. The average Bonchev–Trinajstić information content (AvgIpc) is 3.62. The molecular formula is C42H40N4OPt. The second-order valence-electron chi connectivity index (χ2n) is 12.2. The van der Waals surface area contributed by atoms with Crippen molar-refractivity contribution in [2.45, 2.75) is 65.7 Å². The molecule has 0 atom stereocenters. The second-order valence-corrected chi connectivity index (χ2v) is 12.2. The van der Waals surface area contributed by atoms with Crippen LogP contribution in [0.15, 0.2) is 103 Å². The quantitative estimate of drug-likeness (QED) is 0.0912. The topological polar surface area (TPSA) is 44.9 Å². The summed E-state index contributed by atoms with van der Waals surface area (Å²) < 4.78 is 10.8. The number of aromatic nitrogens is 4. The van der Waals surface area contributed by atoms with Gasteiger partial charge in [-0.15, -0.1) is 35.7 Å². The van der Waals surface area contributed by atoms with Crippen molar-refractivity contribution in [3.8, 4) is 34.1 Å². The van der Waals surface area contributed by atoms with Gasteiger partial charge in [0.15, 0.2) is 0 Å². The van der Waals surface area contributed by atoms with E-state index in [1.807, 2.05) is 30.5 Å². The first-order valence-electron chi connectivity index (χ1n) is 16.9. The Kier molecular flexibility index (Phi) is 10.6. The van der Waals surface area contributed by atoms with Crippen LogP contribution in [-0.4, -0.2) is 19.3 Å². The minimum atomic E-state index is 0. The average molecular weight is 812 g/mol. The van der Waals surface area contributed by atoms with Gasteiger partial charge in [-0.3, -0.25) is 4.68 Å². The van der Waals surface area contributed by atoms with Crippen LogP contribution in [0.2, 0.25) is 0 Å². The molecule has 48 heavy (non-hydrogen) atoms. The van der Waals surface area contributed by atoms with Gasteiger partial charge in [0.1, 0.15) is 5.82 Å². The molecule has 7 aromatic rings. The maximum Gasteiger partial charge on any atom is 2.00 e. The molecule has 0 aliphatic heterocycles. The van der Waals surface area contributed by atoms with E-state index in [2.05, 4.69) is 115 Å². The van der Waals surface area contributed by atoms with Gasteiger partial charge in [-0.25, -0.2) is 4.98 Å². The number of unbranched alkanes of at least 4 members (excludes halogenated alkanes) is 3. The Morgan fingerprint density at radius 3 is 2.35 bits per heavy atom. The van der Waals surface area contributed by atoms with Crippen molar-refractivity contribution in [3.63, 3.8) is 0 Å². The van der Waals surface area contributed by atoms with Crippen LogP contribution in [0, 0.1) is 19.1 Å². The van der Waals surface area contributed by atoms with Gasteiger partial charge in [-0.2, -0.15) is 17.2 Å². The van der Waals surface area contributed by atoms with Gasteiger partial charge in [0.05, 0.1) is 5.69 Å². The van der Waals surface area contributed by atoms with Crippen molar-refractivity contribution in [3.05, 3.63) is 132 Å². The van der Waals surface area contributed by atoms with Gasteiger partial charge in [0.2, 0.25) is 0 Å². The zero-order chi connectivity index (χ0) is 32.2. The Bertz CT molecular complexity index is 2150. The monoisotopic (exact) mass is 811 g/mol. The molecule has 0 spiro atoms. The first-order valence-corrected chi connectivity index (χ1v) is 16.9. The summed E-state index contributed by atoms with van der Waals surface area (Å²) in [4.78, 5) is 4.71. The fourth-order valence-corrected chi connectivity index (χ4v) is 6.55. The Labute approximate surface area is 297 Å². The molecule has 244 valence electrons. The van der Waals surface area contributed by atoms with Crippen LogP contribution in [0.1, 0.15) is 62.9 Å². The smallest absolute Gasteiger partial charge is 0.509 e. The predicted molar refractivity (Wildman–Crippen MR) is 192 cm³/mol. The van der Waals surface area contributed by atoms with Crippen LogP contribution in [0.5, 0.6) is 11.5 Å². The molecule has 0 saturated heterocycles. The molecule has 0 bridgehead atoms. The molecule has 0 unspecified atom stereocenters. The zero-order valence-corrected chi connectivity index (χ0v) is 30.1. The molecule has 4 aromatic carbocycles. The van der Waals surface area contributed by atoms with E-state index >= 15 is 0 Å². The van der Waals surface area contributed by atoms with Gasteiger partial charge in [0, 0.05) is 34.5 Å². The van der Waals surface area contributed by atoms with Crippen LogP contribution in [0.3, 0.4) is 0 Å². The van der Waals surface area contributed by atoms with E-state index in [0.29, 0.717) is 11.5 Å². The van der Waals surface area contributed by atoms with Gasteiger partial charge < -0.3 is 9.30 Å². The Morgan fingerprint density at radius 1 is 0.729 bits per heavy atom. The van der Waals surface area contributed by atoms with E-state index in [9.17, 15) is 0 Å².